The second-order valence-corrected chi connectivity index (χ2v) is 5.56. The van der Waals surface area contributed by atoms with E-state index in [1.54, 1.807) is 0 Å². The molecular weight excluding hydrogens is 276 g/mol. The zero-order valence-electron chi connectivity index (χ0n) is 12.4. The third-order valence-corrected chi connectivity index (χ3v) is 3.65. The van der Waals surface area contributed by atoms with Gasteiger partial charge in [-0.3, -0.25) is 0 Å². The number of hydrogen-bond acceptors (Lipinski definition) is 1. The van der Waals surface area contributed by atoms with Crippen LogP contribution in [0.1, 0.15) is 16.7 Å². The summed E-state index contributed by atoms with van der Waals surface area (Å²) >= 11 is 5.28. The summed E-state index contributed by atoms with van der Waals surface area (Å²) in [7, 11) is 0. The van der Waals surface area contributed by atoms with E-state index < -0.39 is 0 Å². The van der Waals surface area contributed by atoms with Crippen molar-refractivity contribution in [3.8, 4) is 0 Å². The molecule has 0 saturated heterocycles. The first-order valence-corrected chi connectivity index (χ1v) is 7.76. The van der Waals surface area contributed by atoms with Crippen LogP contribution in [0.5, 0.6) is 0 Å². The molecule has 0 spiro atoms. The van der Waals surface area contributed by atoms with Crippen molar-refractivity contribution in [2.45, 2.75) is 19.8 Å². The van der Waals surface area contributed by atoms with Gasteiger partial charge in [0.25, 0.3) is 0 Å². The van der Waals surface area contributed by atoms with Gasteiger partial charge in [-0.2, -0.15) is 0 Å². The highest BCUT2D eigenvalue weighted by atomic mass is 32.1. The van der Waals surface area contributed by atoms with Crippen LogP contribution in [0.3, 0.4) is 0 Å². The number of rotatable bonds is 6. The first-order valence-electron chi connectivity index (χ1n) is 7.35. The third kappa shape index (κ3) is 5.96. The monoisotopic (exact) mass is 298 g/mol. The molecule has 0 radical (unpaired) electrons. The standard InChI is InChI=1S/C18H22N2S/c1-15-7-9-17(10-8-15)12-14-20-18(21)19-13-11-16-5-3-2-4-6-16/h2-10H,11-14H2,1H3,(H2,19,20,21). The van der Waals surface area contributed by atoms with E-state index in [1.807, 2.05) is 6.07 Å². The van der Waals surface area contributed by atoms with Crippen LogP contribution < -0.4 is 10.6 Å². The van der Waals surface area contributed by atoms with Crippen LogP contribution in [-0.2, 0) is 12.8 Å². The Hall–Kier alpha value is -1.87. The predicted molar refractivity (Wildman–Crippen MR) is 93.6 cm³/mol. The van der Waals surface area contributed by atoms with Crippen LogP contribution in [0.2, 0.25) is 0 Å². The van der Waals surface area contributed by atoms with Gasteiger partial charge in [-0.1, -0.05) is 60.2 Å². The molecule has 0 unspecified atom stereocenters. The lowest BCUT2D eigenvalue weighted by atomic mass is 10.1. The summed E-state index contributed by atoms with van der Waals surface area (Å²) in [5.41, 5.74) is 3.96. The smallest absolute Gasteiger partial charge is 0.166 e. The van der Waals surface area contributed by atoms with Crippen LogP contribution in [0, 0.1) is 6.92 Å². The Morgan fingerprint density at radius 2 is 1.33 bits per heavy atom. The van der Waals surface area contributed by atoms with E-state index in [9.17, 15) is 0 Å². The van der Waals surface area contributed by atoms with Gasteiger partial charge in [-0.25, -0.2) is 0 Å². The average Bonchev–Trinajstić information content (AvgIpc) is 2.50. The van der Waals surface area contributed by atoms with Crippen molar-refractivity contribution in [1.82, 2.24) is 10.6 Å². The number of nitrogens with one attached hydrogen (secondary N) is 2. The number of hydrogen-bond donors (Lipinski definition) is 2. The number of aryl methyl sites for hydroxylation is 1. The molecule has 3 heteroatoms. The minimum Gasteiger partial charge on any atom is -0.362 e. The van der Waals surface area contributed by atoms with Crippen molar-refractivity contribution in [3.05, 3.63) is 71.3 Å². The van der Waals surface area contributed by atoms with E-state index in [4.69, 9.17) is 12.2 Å². The van der Waals surface area contributed by atoms with Crippen molar-refractivity contribution >= 4 is 17.3 Å². The molecule has 2 rings (SSSR count). The molecule has 2 nitrogen and oxygen atoms in total. The summed E-state index contributed by atoms with van der Waals surface area (Å²) in [5.74, 6) is 0. The fourth-order valence-corrected chi connectivity index (χ4v) is 2.31. The molecule has 0 aromatic heterocycles. The average molecular weight is 298 g/mol. The van der Waals surface area contributed by atoms with Gasteiger partial charge >= 0.3 is 0 Å². The van der Waals surface area contributed by atoms with E-state index in [-0.39, 0.29) is 0 Å². The van der Waals surface area contributed by atoms with Crippen molar-refractivity contribution in [2.24, 2.45) is 0 Å². The van der Waals surface area contributed by atoms with E-state index >= 15 is 0 Å². The summed E-state index contributed by atoms with van der Waals surface area (Å²) in [5, 5.41) is 7.23. The van der Waals surface area contributed by atoms with E-state index in [0.717, 1.165) is 31.0 Å². The van der Waals surface area contributed by atoms with Gasteiger partial charge in [-0.15, -0.1) is 0 Å². The fraction of sp³-hybridized carbons (Fsp3) is 0.278. The Morgan fingerprint density at radius 3 is 1.90 bits per heavy atom. The van der Waals surface area contributed by atoms with Crippen LogP contribution in [0.25, 0.3) is 0 Å². The third-order valence-electron chi connectivity index (χ3n) is 3.36. The second kappa shape index (κ2) is 8.42. The molecule has 0 aliphatic heterocycles. The number of benzene rings is 2. The molecule has 0 fully saturated rings. The molecule has 0 saturated carbocycles. The summed E-state index contributed by atoms with van der Waals surface area (Å²) in [4.78, 5) is 0. The van der Waals surface area contributed by atoms with Gasteiger partial charge in [0.05, 0.1) is 0 Å². The number of thiocarbonyl (C=S) groups is 1. The van der Waals surface area contributed by atoms with Gasteiger partial charge < -0.3 is 10.6 Å². The molecule has 0 heterocycles. The molecule has 2 aromatic rings. The lowest BCUT2D eigenvalue weighted by Crippen LogP contribution is -2.37. The van der Waals surface area contributed by atoms with Gasteiger partial charge in [0.2, 0.25) is 0 Å². The quantitative estimate of drug-likeness (QED) is 0.801. The zero-order chi connectivity index (χ0) is 14.9. The maximum Gasteiger partial charge on any atom is 0.166 e. The molecule has 0 amide bonds. The molecule has 110 valence electrons. The van der Waals surface area contributed by atoms with Gasteiger partial charge in [-0.05, 0) is 43.1 Å². The first kappa shape index (κ1) is 15.5. The van der Waals surface area contributed by atoms with Crippen molar-refractivity contribution in [2.75, 3.05) is 13.1 Å². The molecule has 0 aliphatic rings. The van der Waals surface area contributed by atoms with Crippen molar-refractivity contribution < 1.29 is 0 Å². The molecule has 21 heavy (non-hydrogen) atoms. The lowest BCUT2D eigenvalue weighted by molar-refractivity contribution is 0.802. The summed E-state index contributed by atoms with van der Waals surface area (Å²) in [6, 6.07) is 19.1. The maximum atomic E-state index is 5.28. The predicted octanol–water partition coefficient (Wildman–Crippen LogP) is 3.24. The Labute approximate surface area is 132 Å². The maximum absolute atomic E-state index is 5.28. The highest BCUT2D eigenvalue weighted by molar-refractivity contribution is 7.80. The van der Waals surface area contributed by atoms with Crippen LogP contribution >= 0.6 is 12.2 Å². The van der Waals surface area contributed by atoms with Crippen molar-refractivity contribution in [1.29, 1.82) is 0 Å². The van der Waals surface area contributed by atoms with Crippen LogP contribution in [0.4, 0.5) is 0 Å². The van der Waals surface area contributed by atoms with E-state index in [0.29, 0.717) is 0 Å². The summed E-state index contributed by atoms with van der Waals surface area (Å²) in [6.07, 6.45) is 1.97. The highest BCUT2D eigenvalue weighted by Gasteiger charge is 1.97. The fourth-order valence-electron chi connectivity index (χ4n) is 2.10. The topological polar surface area (TPSA) is 24.1 Å². The van der Waals surface area contributed by atoms with Crippen LogP contribution in [-0.4, -0.2) is 18.2 Å². The summed E-state index contributed by atoms with van der Waals surface area (Å²) < 4.78 is 0. The van der Waals surface area contributed by atoms with E-state index in [1.165, 1.54) is 16.7 Å². The Kier molecular flexibility index (Phi) is 6.22. The van der Waals surface area contributed by atoms with Gasteiger partial charge in [0.1, 0.15) is 0 Å². The molecule has 0 atom stereocenters. The normalized spacial score (nSPS) is 10.1. The molecule has 0 aliphatic carbocycles. The summed E-state index contributed by atoms with van der Waals surface area (Å²) in [6.45, 7) is 3.83. The first-order chi connectivity index (χ1) is 10.2. The lowest BCUT2D eigenvalue weighted by Gasteiger charge is -2.10. The van der Waals surface area contributed by atoms with Crippen molar-refractivity contribution in [3.63, 3.8) is 0 Å². The Morgan fingerprint density at radius 1 is 0.810 bits per heavy atom. The Balaban J connectivity index is 1.60. The Bertz CT molecular complexity index is 549. The van der Waals surface area contributed by atoms with E-state index in [2.05, 4.69) is 66.1 Å². The molecule has 0 bridgehead atoms. The molecule has 2 aromatic carbocycles. The SMILES string of the molecule is Cc1ccc(CCNC(=S)NCCc2ccccc2)cc1. The highest BCUT2D eigenvalue weighted by Crippen LogP contribution is 2.03. The largest absolute Gasteiger partial charge is 0.362 e. The zero-order valence-corrected chi connectivity index (χ0v) is 13.2. The van der Waals surface area contributed by atoms with Crippen LogP contribution in [0.15, 0.2) is 54.6 Å². The minimum atomic E-state index is 0.734. The molecular formula is C18H22N2S. The minimum absolute atomic E-state index is 0.734. The van der Waals surface area contributed by atoms with Gasteiger partial charge in [0.15, 0.2) is 5.11 Å². The second-order valence-electron chi connectivity index (χ2n) is 5.15. The van der Waals surface area contributed by atoms with Gasteiger partial charge in [0, 0.05) is 13.1 Å². The molecule has 2 N–H and O–H groups in total.